The van der Waals surface area contributed by atoms with Crippen LogP contribution in [0.3, 0.4) is 0 Å². The summed E-state index contributed by atoms with van der Waals surface area (Å²) in [4.78, 5) is 27.6. The number of hydrazone groups is 1. The number of amides is 1. The summed E-state index contributed by atoms with van der Waals surface area (Å²) >= 11 is 0. The smallest absolute Gasteiger partial charge is 0.276 e. The number of fused-ring (bicyclic) bond motifs is 1. The molecule has 0 atom stereocenters. The number of aromatic nitrogens is 2. The first-order chi connectivity index (χ1) is 11.6. The lowest BCUT2D eigenvalue weighted by molar-refractivity contribution is 0.0953. The van der Waals surface area contributed by atoms with Crippen molar-refractivity contribution in [3.63, 3.8) is 0 Å². The van der Waals surface area contributed by atoms with Gasteiger partial charge in [0.15, 0.2) is 0 Å². The zero-order valence-electron chi connectivity index (χ0n) is 13.5. The van der Waals surface area contributed by atoms with Crippen LogP contribution in [0.4, 0.5) is 0 Å². The normalized spacial score (nSPS) is 11.5. The molecular weight excluding hydrogens is 304 g/mol. The quantitative estimate of drug-likeness (QED) is 0.572. The van der Waals surface area contributed by atoms with Crippen LogP contribution < -0.4 is 11.0 Å². The van der Waals surface area contributed by atoms with Crippen LogP contribution in [0, 0.1) is 0 Å². The monoisotopic (exact) mass is 322 g/mol. The third kappa shape index (κ3) is 2.99. The molecular formula is C18H18N4O2. The summed E-state index contributed by atoms with van der Waals surface area (Å²) in [5, 5.41) is 4.97. The minimum Gasteiger partial charge on any atom is -0.361 e. The maximum Gasteiger partial charge on any atom is 0.276 e. The molecule has 2 aromatic heterocycles. The molecule has 0 radical (unpaired) electrons. The number of para-hydroxylation sites is 1. The average Bonchev–Trinajstić information content (AvgIpc) is 2.98. The molecule has 3 rings (SSSR count). The Hall–Kier alpha value is -3.15. The Morgan fingerprint density at radius 1 is 1.25 bits per heavy atom. The molecule has 2 N–H and O–H groups in total. The van der Waals surface area contributed by atoms with E-state index >= 15 is 0 Å². The highest BCUT2D eigenvalue weighted by atomic mass is 16.2. The molecule has 0 saturated carbocycles. The second-order valence-corrected chi connectivity index (χ2v) is 5.72. The van der Waals surface area contributed by atoms with Crippen molar-refractivity contribution >= 4 is 23.0 Å². The van der Waals surface area contributed by atoms with Gasteiger partial charge in [0.2, 0.25) is 0 Å². The van der Waals surface area contributed by atoms with Gasteiger partial charge in [0.25, 0.3) is 11.5 Å². The van der Waals surface area contributed by atoms with E-state index in [2.05, 4.69) is 15.5 Å². The molecule has 2 heterocycles. The van der Waals surface area contributed by atoms with Gasteiger partial charge in [0.1, 0.15) is 5.56 Å². The first-order valence-corrected chi connectivity index (χ1v) is 7.68. The van der Waals surface area contributed by atoms with E-state index in [1.165, 1.54) is 10.6 Å². The van der Waals surface area contributed by atoms with Gasteiger partial charge in [-0.15, -0.1) is 0 Å². The summed E-state index contributed by atoms with van der Waals surface area (Å²) < 4.78 is 1.51. The minimum absolute atomic E-state index is 0.0139. The van der Waals surface area contributed by atoms with E-state index < -0.39 is 5.91 Å². The number of aromatic amines is 1. The molecule has 0 unspecified atom stereocenters. The van der Waals surface area contributed by atoms with Crippen molar-refractivity contribution in [2.75, 3.05) is 0 Å². The molecule has 0 spiro atoms. The third-order valence-electron chi connectivity index (χ3n) is 3.77. The number of nitrogens with zero attached hydrogens (tertiary/aromatic N) is 2. The van der Waals surface area contributed by atoms with Gasteiger partial charge in [-0.2, -0.15) is 5.10 Å². The SMILES string of the molecule is CC(C)n1cccc(C(=O)N/N=C\c2c[nH]c3ccccc23)c1=O. The maximum atomic E-state index is 12.3. The van der Waals surface area contributed by atoms with E-state index in [-0.39, 0.29) is 17.2 Å². The van der Waals surface area contributed by atoms with Crippen molar-refractivity contribution in [3.8, 4) is 0 Å². The first kappa shape index (κ1) is 15.7. The summed E-state index contributed by atoms with van der Waals surface area (Å²) in [7, 11) is 0. The molecule has 1 amide bonds. The Kier molecular flexibility index (Phi) is 4.29. The van der Waals surface area contributed by atoms with Crippen LogP contribution >= 0.6 is 0 Å². The van der Waals surface area contributed by atoms with E-state index in [0.29, 0.717) is 0 Å². The molecule has 1 aromatic carbocycles. The van der Waals surface area contributed by atoms with Crippen LogP contribution in [-0.2, 0) is 0 Å². The van der Waals surface area contributed by atoms with Gasteiger partial charge in [-0.05, 0) is 32.0 Å². The Morgan fingerprint density at radius 2 is 2.04 bits per heavy atom. The van der Waals surface area contributed by atoms with E-state index in [9.17, 15) is 9.59 Å². The van der Waals surface area contributed by atoms with Crippen molar-refractivity contribution in [2.45, 2.75) is 19.9 Å². The molecule has 0 fully saturated rings. The molecule has 3 aromatic rings. The first-order valence-electron chi connectivity index (χ1n) is 7.68. The number of nitrogens with one attached hydrogen (secondary N) is 2. The summed E-state index contributed by atoms with van der Waals surface area (Å²) in [6.45, 7) is 3.77. The van der Waals surface area contributed by atoms with Gasteiger partial charge in [0.05, 0.1) is 6.21 Å². The van der Waals surface area contributed by atoms with E-state index in [1.807, 2.05) is 44.3 Å². The molecule has 0 aliphatic carbocycles. The molecule has 6 heteroatoms. The van der Waals surface area contributed by atoms with Gasteiger partial charge in [0, 0.05) is 34.9 Å². The van der Waals surface area contributed by atoms with Crippen LogP contribution in [0.1, 0.15) is 35.8 Å². The maximum absolute atomic E-state index is 12.3. The number of benzene rings is 1. The zero-order valence-corrected chi connectivity index (χ0v) is 13.5. The highest BCUT2D eigenvalue weighted by molar-refractivity contribution is 6.00. The minimum atomic E-state index is -0.522. The molecule has 122 valence electrons. The van der Waals surface area contributed by atoms with Crippen LogP contribution in [0.2, 0.25) is 0 Å². The average molecular weight is 322 g/mol. The lowest BCUT2D eigenvalue weighted by atomic mass is 10.2. The lowest BCUT2D eigenvalue weighted by Crippen LogP contribution is -2.31. The van der Waals surface area contributed by atoms with Gasteiger partial charge < -0.3 is 9.55 Å². The predicted octanol–water partition coefficient (Wildman–Crippen LogP) is 2.67. The Morgan fingerprint density at radius 3 is 2.83 bits per heavy atom. The summed E-state index contributed by atoms with van der Waals surface area (Å²) in [5.41, 5.74) is 4.01. The largest absolute Gasteiger partial charge is 0.361 e. The van der Waals surface area contributed by atoms with Crippen molar-refractivity contribution in [3.05, 3.63) is 70.3 Å². The van der Waals surface area contributed by atoms with Gasteiger partial charge in [-0.1, -0.05) is 18.2 Å². The van der Waals surface area contributed by atoms with Crippen LogP contribution in [-0.4, -0.2) is 21.7 Å². The second-order valence-electron chi connectivity index (χ2n) is 5.72. The van der Waals surface area contributed by atoms with Gasteiger partial charge in [-0.25, -0.2) is 5.43 Å². The van der Waals surface area contributed by atoms with Crippen LogP contribution in [0.25, 0.3) is 10.9 Å². The summed E-state index contributed by atoms with van der Waals surface area (Å²) in [5.74, 6) is -0.522. The molecule has 0 bridgehead atoms. The highest BCUT2D eigenvalue weighted by Crippen LogP contribution is 2.15. The summed E-state index contributed by atoms with van der Waals surface area (Å²) in [6.07, 6.45) is 5.04. The Bertz CT molecular complexity index is 966. The number of hydrogen-bond acceptors (Lipinski definition) is 3. The third-order valence-corrected chi connectivity index (χ3v) is 3.77. The number of H-pyrrole nitrogens is 1. The van der Waals surface area contributed by atoms with Crippen LogP contribution in [0.15, 0.2) is 58.7 Å². The van der Waals surface area contributed by atoms with Gasteiger partial charge in [-0.3, -0.25) is 9.59 Å². The molecule has 0 saturated heterocycles. The number of carbonyl (C=O) groups is 1. The number of hydrogen-bond donors (Lipinski definition) is 2. The number of rotatable bonds is 4. The number of carbonyl (C=O) groups excluding carboxylic acids is 1. The Balaban J connectivity index is 1.79. The number of pyridine rings is 1. The van der Waals surface area contributed by atoms with Crippen LogP contribution in [0.5, 0.6) is 0 Å². The molecule has 0 aliphatic rings. The topological polar surface area (TPSA) is 79.2 Å². The lowest BCUT2D eigenvalue weighted by Gasteiger charge is -2.10. The van der Waals surface area contributed by atoms with Crippen molar-refractivity contribution in [1.82, 2.24) is 15.0 Å². The molecule has 24 heavy (non-hydrogen) atoms. The fraction of sp³-hybridized carbons (Fsp3) is 0.167. The second kappa shape index (κ2) is 6.54. The Labute approximate surface area is 138 Å². The predicted molar refractivity (Wildman–Crippen MR) is 94.4 cm³/mol. The van der Waals surface area contributed by atoms with Gasteiger partial charge >= 0.3 is 0 Å². The fourth-order valence-corrected chi connectivity index (χ4v) is 2.51. The zero-order chi connectivity index (χ0) is 17.1. The van der Waals surface area contributed by atoms with E-state index in [0.717, 1.165) is 16.5 Å². The molecule has 0 aliphatic heterocycles. The highest BCUT2D eigenvalue weighted by Gasteiger charge is 2.12. The van der Waals surface area contributed by atoms with Crippen molar-refractivity contribution in [1.29, 1.82) is 0 Å². The standard InChI is InChI=1S/C18H18N4O2/c1-12(2)22-9-5-7-15(18(22)24)17(23)21-20-11-13-10-19-16-8-4-3-6-14(13)16/h3-12,19H,1-2H3,(H,21,23)/b20-11-. The van der Waals surface area contributed by atoms with E-state index in [4.69, 9.17) is 0 Å². The van der Waals surface area contributed by atoms with E-state index in [1.54, 1.807) is 18.5 Å². The fourth-order valence-electron chi connectivity index (χ4n) is 2.51. The molecule has 6 nitrogen and oxygen atoms in total. The summed E-state index contributed by atoms with van der Waals surface area (Å²) in [6, 6.07) is 11.0. The van der Waals surface area contributed by atoms with Crippen molar-refractivity contribution < 1.29 is 4.79 Å². The van der Waals surface area contributed by atoms with Crippen molar-refractivity contribution in [2.24, 2.45) is 5.10 Å².